The first kappa shape index (κ1) is 14.7. The van der Waals surface area contributed by atoms with Gasteiger partial charge in [0, 0.05) is 12.1 Å². The lowest BCUT2D eigenvalue weighted by atomic mass is 10.0. The molecule has 0 amide bonds. The molecule has 0 aliphatic rings. The zero-order chi connectivity index (χ0) is 14.5. The second-order valence-corrected chi connectivity index (χ2v) is 5.16. The molecule has 1 aromatic carbocycles. The van der Waals surface area contributed by atoms with Crippen molar-refractivity contribution in [2.45, 2.75) is 39.3 Å². The van der Waals surface area contributed by atoms with Crippen LogP contribution in [0.2, 0.25) is 0 Å². The SMILES string of the molecule is CCC(N[C@@H](C)c1ccc(C)cc1)c1ccc(F)cn1. The van der Waals surface area contributed by atoms with Crippen molar-refractivity contribution in [2.75, 3.05) is 0 Å². The fraction of sp³-hybridized carbons (Fsp3) is 0.353. The van der Waals surface area contributed by atoms with Gasteiger partial charge in [-0.15, -0.1) is 0 Å². The molecule has 2 atom stereocenters. The number of benzene rings is 1. The molecule has 1 unspecified atom stereocenters. The molecule has 2 nitrogen and oxygen atoms in total. The van der Waals surface area contributed by atoms with Crippen LogP contribution in [0.1, 0.15) is 49.2 Å². The lowest BCUT2D eigenvalue weighted by molar-refractivity contribution is 0.447. The molecule has 1 N–H and O–H groups in total. The normalized spacial score (nSPS) is 14.0. The Hall–Kier alpha value is -1.74. The van der Waals surface area contributed by atoms with Gasteiger partial charge >= 0.3 is 0 Å². The Labute approximate surface area is 120 Å². The van der Waals surface area contributed by atoms with Gasteiger partial charge in [0.2, 0.25) is 0 Å². The van der Waals surface area contributed by atoms with E-state index >= 15 is 0 Å². The lowest BCUT2D eigenvalue weighted by Crippen LogP contribution is -2.25. The molecule has 2 rings (SSSR count). The van der Waals surface area contributed by atoms with Crippen molar-refractivity contribution in [1.82, 2.24) is 10.3 Å². The van der Waals surface area contributed by atoms with E-state index < -0.39 is 0 Å². The number of aryl methyl sites for hydroxylation is 1. The van der Waals surface area contributed by atoms with Crippen LogP contribution in [0.5, 0.6) is 0 Å². The predicted molar refractivity (Wildman–Crippen MR) is 80.0 cm³/mol. The van der Waals surface area contributed by atoms with E-state index in [1.54, 1.807) is 6.07 Å². The van der Waals surface area contributed by atoms with Crippen molar-refractivity contribution in [3.63, 3.8) is 0 Å². The highest BCUT2D eigenvalue weighted by Gasteiger charge is 2.14. The van der Waals surface area contributed by atoms with Crippen LogP contribution in [0, 0.1) is 12.7 Å². The topological polar surface area (TPSA) is 24.9 Å². The molecular weight excluding hydrogens is 251 g/mol. The number of hydrogen-bond donors (Lipinski definition) is 1. The Bertz CT molecular complexity index is 534. The zero-order valence-electron chi connectivity index (χ0n) is 12.2. The average Bonchev–Trinajstić information content (AvgIpc) is 2.46. The maximum absolute atomic E-state index is 12.9. The van der Waals surface area contributed by atoms with Gasteiger partial charge in [0.15, 0.2) is 0 Å². The quantitative estimate of drug-likeness (QED) is 0.876. The summed E-state index contributed by atoms with van der Waals surface area (Å²) in [5.41, 5.74) is 3.39. The Morgan fingerprint density at radius 1 is 1.15 bits per heavy atom. The summed E-state index contributed by atoms with van der Waals surface area (Å²) in [6.07, 6.45) is 2.19. The molecule has 0 spiro atoms. The van der Waals surface area contributed by atoms with E-state index in [0.29, 0.717) is 0 Å². The van der Waals surface area contributed by atoms with Crippen molar-refractivity contribution < 1.29 is 4.39 Å². The average molecular weight is 272 g/mol. The van der Waals surface area contributed by atoms with E-state index in [0.717, 1.165) is 12.1 Å². The predicted octanol–water partition coefficient (Wildman–Crippen LogP) is 4.33. The lowest BCUT2D eigenvalue weighted by Gasteiger charge is -2.22. The van der Waals surface area contributed by atoms with Crippen molar-refractivity contribution in [3.05, 3.63) is 65.2 Å². The fourth-order valence-electron chi connectivity index (χ4n) is 2.26. The first-order chi connectivity index (χ1) is 9.60. The Morgan fingerprint density at radius 3 is 2.40 bits per heavy atom. The van der Waals surface area contributed by atoms with Gasteiger partial charge < -0.3 is 5.32 Å². The van der Waals surface area contributed by atoms with Crippen LogP contribution in [0.4, 0.5) is 4.39 Å². The van der Waals surface area contributed by atoms with Gasteiger partial charge in [0.25, 0.3) is 0 Å². The van der Waals surface area contributed by atoms with Crippen molar-refractivity contribution >= 4 is 0 Å². The number of hydrogen-bond acceptors (Lipinski definition) is 2. The van der Waals surface area contributed by atoms with Crippen LogP contribution in [0.25, 0.3) is 0 Å². The summed E-state index contributed by atoms with van der Waals surface area (Å²) >= 11 is 0. The molecule has 3 heteroatoms. The smallest absolute Gasteiger partial charge is 0.141 e. The third kappa shape index (κ3) is 3.64. The molecule has 106 valence electrons. The van der Waals surface area contributed by atoms with Crippen molar-refractivity contribution in [1.29, 1.82) is 0 Å². The summed E-state index contributed by atoms with van der Waals surface area (Å²) in [4.78, 5) is 4.17. The maximum Gasteiger partial charge on any atom is 0.141 e. The first-order valence-corrected chi connectivity index (χ1v) is 7.04. The minimum absolute atomic E-state index is 0.131. The minimum Gasteiger partial charge on any atom is -0.302 e. The highest BCUT2D eigenvalue weighted by Crippen LogP contribution is 2.21. The van der Waals surface area contributed by atoms with Gasteiger partial charge in [-0.05, 0) is 38.0 Å². The summed E-state index contributed by atoms with van der Waals surface area (Å²) in [6, 6.07) is 12.1. The number of nitrogens with one attached hydrogen (secondary N) is 1. The van der Waals surface area contributed by atoms with Gasteiger partial charge in [-0.1, -0.05) is 36.8 Å². The zero-order valence-corrected chi connectivity index (χ0v) is 12.2. The largest absolute Gasteiger partial charge is 0.302 e. The minimum atomic E-state index is -0.296. The molecule has 1 aromatic heterocycles. The maximum atomic E-state index is 12.9. The Morgan fingerprint density at radius 2 is 1.85 bits per heavy atom. The van der Waals surface area contributed by atoms with E-state index in [1.807, 2.05) is 0 Å². The molecule has 0 bridgehead atoms. The third-order valence-electron chi connectivity index (χ3n) is 3.54. The van der Waals surface area contributed by atoms with E-state index in [4.69, 9.17) is 0 Å². The van der Waals surface area contributed by atoms with Crippen LogP contribution < -0.4 is 5.32 Å². The van der Waals surface area contributed by atoms with E-state index in [9.17, 15) is 4.39 Å². The van der Waals surface area contributed by atoms with Crippen LogP contribution in [0.3, 0.4) is 0 Å². The molecule has 20 heavy (non-hydrogen) atoms. The van der Waals surface area contributed by atoms with Gasteiger partial charge in [0.05, 0.1) is 11.9 Å². The van der Waals surface area contributed by atoms with Gasteiger partial charge in [0.1, 0.15) is 5.82 Å². The standard InChI is InChI=1S/C17H21FN2/c1-4-16(17-10-9-15(18)11-19-17)20-13(3)14-7-5-12(2)6-8-14/h5-11,13,16,20H,4H2,1-3H3/t13-,16?/m0/s1. The summed E-state index contributed by atoms with van der Waals surface area (Å²) in [6.45, 7) is 6.32. The molecule has 2 aromatic rings. The highest BCUT2D eigenvalue weighted by atomic mass is 19.1. The van der Waals surface area contributed by atoms with Crippen LogP contribution >= 0.6 is 0 Å². The second kappa shape index (κ2) is 6.62. The summed E-state index contributed by atoms with van der Waals surface area (Å²) in [5, 5.41) is 3.55. The van der Waals surface area contributed by atoms with Crippen LogP contribution in [-0.2, 0) is 0 Å². The number of rotatable bonds is 5. The Kier molecular flexibility index (Phi) is 4.85. The van der Waals surface area contributed by atoms with Gasteiger partial charge in [-0.3, -0.25) is 4.98 Å². The molecule has 0 aliphatic carbocycles. The van der Waals surface area contributed by atoms with Crippen LogP contribution in [-0.4, -0.2) is 4.98 Å². The molecule has 0 saturated carbocycles. The molecule has 0 fully saturated rings. The van der Waals surface area contributed by atoms with E-state index in [2.05, 4.69) is 55.3 Å². The fourth-order valence-corrected chi connectivity index (χ4v) is 2.26. The van der Waals surface area contributed by atoms with Crippen LogP contribution in [0.15, 0.2) is 42.6 Å². The molecule has 0 radical (unpaired) electrons. The van der Waals surface area contributed by atoms with Gasteiger partial charge in [-0.25, -0.2) is 4.39 Å². The first-order valence-electron chi connectivity index (χ1n) is 7.04. The van der Waals surface area contributed by atoms with Crippen molar-refractivity contribution in [3.8, 4) is 0 Å². The number of halogens is 1. The summed E-state index contributed by atoms with van der Waals surface area (Å²) < 4.78 is 12.9. The van der Waals surface area contributed by atoms with E-state index in [1.165, 1.54) is 23.4 Å². The van der Waals surface area contributed by atoms with Gasteiger partial charge in [-0.2, -0.15) is 0 Å². The third-order valence-corrected chi connectivity index (χ3v) is 3.54. The molecule has 0 saturated heterocycles. The van der Waals surface area contributed by atoms with E-state index in [-0.39, 0.29) is 17.9 Å². The molecule has 1 heterocycles. The Balaban J connectivity index is 2.09. The monoisotopic (exact) mass is 272 g/mol. The molecule has 0 aliphatic heterocycles. The number of aromatic nitrogens is 1. The molecular formula is C17H21FN2. The van der Waals surface area contributed by atoms with Crippen molar-refractivity contribution in [2.24, 2.45) is 0 Å². The number of pyridine rings is 1. The number of nitrogens with zero attached hydrogens (tertiary/aromatic N) is 1. The summed E-state index contributed by atoms with van der Waals surface area (Å²) in [7, 11) is 0. The second-order valence-electron chi connectivity index (χ2n) is 5.16. The summed E-state index contributed by atoms with van der Waals surface area (Å²) in [5.74, 6) is -0.296. The highest BCUT2D eigenvalue weighted by molar-refractivity contribution is 5.24.